The third kappa shape index (κ3) is 4.68. The molecule has 3 heteroatoms. The van der Waals surface area contributed by atoms with E-state index in [1.165, 1.54) is 5.56 Å². The van der Waals surface area contributed by atoms with Gasteiger partial charge in [-0.1, -0.05) is 71.8 Å². The predicted molar refractivity (Wildman–Crippen MR) is 88.3 cm³/mol. The summed E-state index contributed by atoms with van der Waals surface area (Å²) in [5, 5.41) is 1.39. The first kappa shape index (κ1) is 15.1. The number of hydrogen-bond acceptors (Lipinski definition) is 1. The highest BCUT2D eigenvalue weighted by Crippen LogP contribution is 2.21. The summed E-state index contributed by atoms with van der Waals surface area (Å²) in [4.78, 5) is 2.20. The van der Waals surface area contributed by atoms with Crippen LogP contribution < -0.4 is 0 Å². The minimum Gasteiger partial charge on any atom is -0.298 e. The number of nitrogens with zero attached hydrogens (tertiary/aromatic N) is 1. The van der Waals surface area contributed by atoms with Gasteiger partial charge >= 0.3 is 0 Å². The fourth-order valence-corrected chi connectivity index (χ4v) is 2.41. The first-order valence-corrected chi connectivity index (χ1v) is 7.25. The van der Waals surface area contributed by atoms with Crippen molar-refractivity contribution in [2.24, 2.45) is 0 Å². The average molecular weight is 306 g/mol. The molecule has 0 aliphatic carbocycles. The maximum atomic E-state index is 6.17. The number of benzene rings is 2. The van der Waals surface area contributed by atoms with Crippen LogP contribution in [0.25, 0.3) is 6.08 Å². The summed E-state index contributed by atoms with van der Waals surface area (Å²) in [5.41, 5.74) is 2.30. The Morgan fingerprint density at radius 3 is 2.50 bits per heavy atom. The van der Waals surface area contributed by atoms with Crippen LogP contribution in [0.5, 0.6) is 0 Å². The minimum absolute atomic E-state index is 0.672. The molecule has 1 nitrogen and oxygen atoms in total. The quantitative estimate of drug-likeness (QED) is 0.739. The van der Waals surface area contributed by atoms with Gasteiger partial charge in [0.25, 0.3) is 0 Å². The number of hydrogen-bond donors (Lipinski definition) is 0. The van der Waals surface area contributed by atoms with E-state index in [0.717, 1.165) is 23.7 Å². The summed E-state index contributed by atoms with van der Waals surface area (Å²) in [6.45, 7) is 1.67. The SMILES string of the molecule is CN(C/C=C/c1ccccc1)Cc1ccc(Cl)cc1Cl. The van der Waals surface area contributed by atoms with E-state index in [1.807, 2.05) is 30.3 Å². The molecule has 20 heavy (non-hydrogen) atoms. The van der Waals surface area contributed by atoms with Crippen LogP contribution in [-0.4, -0.2) is 18.5 Å². The maximum Gasteiger partial charge on any atom is 0.0465 e. The molecule has 0 bridgehead atoms. The third-order valence-corrected chi connectivity index (χ3v) is 3.57. The van der Waals surface area contributed by atoms with E-state index in [1.54, 1.807) is 6.07 Å². The monoisotopic (exact) mass is 305 g/mol. The van der Waals surface area contributed by atoms with Crippen molar-refractivity contribution < 1.29 is 0 Å². The van der Waals surface area contributed by atoms with Crippen LogP contribution in [0, 0.1) is 0 Å². The summed E-state index contributed by atoms with van der Waals surface area (Å²) < 4.78 is 0. The van der Waals surface area contributed by atoms with Gasteiger partial charge in [0, 0.05) is 23.1 Å². The fourth-order valence-electron chi connectivity index (χ4n) is 1.94. The zero-order chi connectivity index (χ0) is 14.4. The molecule has 0 unspecified atom stereocenters. The van der Waals surface area contributed by atoms with E-state index in [2.05, 4.69) is 36.2 Å². The van der Waals surface area contributed by atoms with Gasteiger partial charge in [-0.15, -0.1) is 0 Å². The minimum atomic E-state index is 0.672. The van der Waals surface area contributed by atoms with E-state index in [0.29, 0.717) is 5.02 Å². The Morgan fingerprint density at radius 1 is 1.05 bits per heavy atom. The van der Waals surface area contributed by atoms with Gasteiger partial charge in [0.2, 0.25) is 0 Å². The van der Waals surface area contributed by atoms with Gasteiger partial charge in [0.05, 0.1) is 0 Å². The molecule has 2 aromatic carbocycles. The van der Waals surface area contributed by atoms with Crippen molar-refractivity contribution in [1.82, 2.24) is 4.90 Å². The Balaban J connectivity index is 1.89. The van der Waals surface area contributed by atoms with Crippen LogP contribution in [0.1, 0.15) is 11.1 Å². The normalized spacial score (nSPS) is 11.4. The Hall–Kier alpha value is -1.28. The Bertz CT molecular complexity index is 579. The average Bonchev–Trinajstić information content (AvgIpc) is 2.43. The molecular formula is C17H17Cl2N. The van der Waals surface area contributed by atoms with Gasteiger partial charge in [-0.3, -0.25) is 4.90 Å². The Kier molecular flexibility index (Phi) is 5.66. The topological polar surface area (TPSA) is 3.24 Å². The molecule has 0 fully saturated rings. The fraction of sp³-hybridized carbons (Fsp3) is 0.176. The molecule has 0 saturated carbocycles. The second kappa shape index (κ2) is 7.49. The van der Waals surface area contributed by atoms with Crippen LogP contribution in [0.3, 0.4) is 0 Å². The first-order chi connectivity index (χ1) is 9.65. The van der Waals surface area contributed by atoms with Gasteiger partial charge in [-0.25, -0.2) is 0 Å². The van der Waals surface area contributed by atoms with Crippen molar-refractivity contribution in [3.63, 3.8) is 0 Å². The highest BCUT2D eigenvalue weighted by Gasteiger charge is 2.03. The Labute approximate surface area is 130 Å². The lowest BCUT2D eigenvalue weighted by Gasteiger charge is -2.15. The lowest BCUT2D eigenvalue weighted by atomic mass is 10.2. The summed E-state index contributed by atoms with van der Waals surface area (Å²) >= 11 is 12.1. The molecule has 0 saturated heterocycles. The Morgan fingerprint density at radius 2 is 1.80 bits per heavy atom. The zero-order valence-electron chi connectivity index (χ0n) is 11.4. The van der Waals surface area contributed by atoms with Gasteiger partial charge in [-0.2, -0.15) is 0 Å². The summed E-state index contributed by atoms with van der Waals surface area (Å²) in [6.07, 6.45) is 4.28. The molecule has 0 aliphatic rings. The molecule has 0 aromatic heterocycles. The smallest absolute Gasteiger partial charge is 0.0465 e. The van der Waals surface area contributed by atoms with Crippen molar-refractivity contribution in [1.29, 1.82) is 0 Å². The van der Waals surface area contributed by atoms with Crippen LogP contribution in [0.15, 0.2) is 54.6 Å². The van der Waals surface area contributed by atoms with Crippen LogP contribution in [0.2, 0.25) is 10.0 Å². The number of rotatable bonds is 5. The highest BCUT2D eigenvalue weighted by atomic mass is 35.5. The molecule has 104 valence electrons. The van der Waals surface area contributed by atoms with E-state index in [-0.39, 0.29) is 0 Å². The molecule has 2 aromatic rings. The number of halogens is 2. The van der Waals surface area contributed by atoms with Gasteiger partial charge in [0.15, 0.2) is 0 Å². The largest absolute Gasteiger partial charge is 0.298 e. The molecule has 0 aliphatic heterocycles. The summed E-state index contributed by atoms with van der Waals surface area (Å²) in [7, 11) is 2.07. The second-order valence-electron chi connectivity index (χ2n) is 4.75. The van der Waals surface area contributed by atoms with Crippen LogP contribution >= 0.6 is 23.2 Å². The molecule has 0 spiro atoms. The van der Waals surface area contributed by atoms with Crippen molar-refractivity contribution in [2.45, 2.75) is 6.54 Å². The van der Waals surface area contributed by atoms with Crippen molar-refractivity contribution in [3.8, 4) is 0 Å². The molecular weight excluding hydrogens is 289 g/mol. The molecule has 0 atom stereocenters. The van der Waals surface area contributed by atoms with E-state index in [4.69, 9.17) is 23.2 Å². The third-order valence-electron chi connectivity index (χ3n) is 2.98. The van der Waals surface area contributed by atoms with E-state index < -0.39 is 0 Å². The molecule has 2 rings (SSSR count). The van der Waals surface area contributed by atoms with E-state index in [9.17, 15) is 0 Å². The molecule has 0 heterocycles. The van der Waals surface area contributed by atoms with Gasteiger partial charge < -0.3 is 0 Å². The standard InChI is InChI=1S/C17H17Cl2N/c1-20(11-5-8-14-6-3-2-4-7-14)13-15-9-10-16(18)12-17(15)19/h2-10,12H,11,13H2,1H3/b8-5+. The lowest BCUT2D eigenvalue weighted by Crippen LogP contribution is -2.17. The van der Waals surface area contributed by atoms with Gasteiger partial charge in [0.1, 0.15) is 0 Å². The summed E-state index contributed by atoms with van der Waals surface area (Å²) in [6, 6.07) is 15.9. The number of likely N-dealkylation sites (N-methyl/N-ethyl adjacent to an activating group) is 1. The van der Waals surface area contributed by atoms with Crippen molar-refractivity contribution in [2.75, 3.05) is 13.6 Å². The van der Waals surface area contributed by atoms with Crippen LogP contribution in [-0.2, 0) is 6.54 Å². The summed E-state index contributed by atoms with van der Waals surface area (Å²) in [5.74, 6) is 0. The second-order valence-corrected chi connectivity index (χ2v) is 5.59. The first-order valence-electron chi connectivity index (χ1n) is 6.49. The molecule has 0 radical (unpaired) electrons. The molecule has 0 N–H and O–H groups in total. The zero-order valence-corrected chi connectivity index (χ0v) is 12.9. The van der Waals surface area contributed by atoms with Crippen molar-refractivity contribution in [3.05, 3.63) is 75.8 Å². The molecule has 0 amide bonds. The van der Waals surface area contributed by atoms with Gasteiger partial charge in [-0.05, 0) is 30.3 Å². The van der Waals surface area contributed by atoms with Crippen LogP contribution in [0.4, 0.5) is 0 Å². The van der Waals surface area contributed by atoms with E-state index >= 15 is 0 Å². The lowest BCUT2D eigenvalue weighted by molar-refractivity contribution is 0.364. The van der Waals surface area contributed by atoms with Crippen molar-refractivity contribution >= 4 is 29.3 Å². The predicted octanol–water partition coefficient (Wildman–Crippen LogP) is 5.14. The maximum absolute atomic E-state index is 6.17. The highest BCUT2D eigenvalue weighted by molar-refractivity contribution is 6.35.